The van der Waals surface area contributed by atoms with Gasteiger partial charge in [0.2, 0.25) is 11.8 Å². The topological polar surface area (TPSA) is 67.4 Å². The maximum atomic E-state index is 13.4. The number of urea groups is 1. The fourth-order valence-electron chi connectivity index (χ4n) is 7.37. The van der Waals surface area contributed by atoms with Gasteiger partial charge in [-0.3, -0.25) is 9.59 Å². The van der Waals surface area contributed by atoms with E-state index in [9.17, 15) is 14.4 Å². The molecule has 5 heterocycles. The van der Waals surface area contributed by atoms with E-state index < -0.39 is 0 Å². The molecule has 0 saturated carbocycles. The summed E-state index contributed by atoms with van der Waals surface area (Å²) in [5.74, 6) is 1.43. The summed E-state index contributed by atoms with van der Waals surface area (Å²) in [5.41, 5.74) is 1.22. The molecule has 0 N–H and O–H groups in total. The summed E-state index contributed by atoms with van der Waals surface area (Å²) in [5, 5.41) is 0. The van der Waals surface area contributed by atoms with Gasteiger partial charge in [0.05, 0.1) is 0 Å². The lowest BCUT2D eigenvalue weighted by Crippen LogP contribution is -2.62. The van der Waals surface area contributed by atoms with Crippen LogP contribution in [0.15, 0.2) is 30.3 Å². The van der Waals surface area contributed by atoms with Crippen LogP contribution < -0.4 is 4.90 Å². The van der Waals surface area contributed by atoms with Gasteiger partial charge in [0.25, 0.3) is 0 Å². The van der Waals surface area contributed by atoms with Crippen molar-refractivity contribution in [1.29, 1.82) is 0 Å². The highest BCUT2D eigenvalue weighted by Crippen LogP contribution is 2.38. The molecule has 0 radical (unpaired) electrons. The van der Waals surface area contributed by atoms with Crippen LogP contribution in [0.4, 0.5) is 10.5 Å². The minimum absolute atomic E-state index is 0.0277. The molecule has 0 aromatic heterocycles. The molecule has 2 bridgehead atoms. The number of hydrogen-bond acceptors (Lipinski definition) is 4. The Kier molecular flexibility index (Phi) is 6.52. The first kappa shape index (κ1) is 23.6. The second-order valence-electron chi connectivity index (χ2n) is 11.5. The monoisotopic (exact) mass is 493 g/mol. The zero-order valence-corrected chi connectivity index (χ0v) is 21.3. The van der Waals surface area contributed by atoms with Crippen molar-refractivity contribution < 1.29 is 14.4 Å². The van der Waals surface area contributed by atoms with Crippen molar-refractivity contribution in [2.45, 2.75) is 44.6 Å². The first-order valence-corrected chi connectivity index (χ1v) is 14.0. The summed E-state index contributed by atoms with van der Waals surface area (Å²) in [4.78, 5) is 49.6. The molecule has 0 unspecified atom stereocenters. The average molecular weight is 494 g/mol. The number of carbonyl (C=O) groups excluding carboxylic acids is 3. The quantitative estimate of drug-likeness (QED) is 0.635. The zero-order valence-electron chi connectivity index (χ0n) is 21.3. The Labute approximate surface area is 214 Å². The highest BCUT2D eigenvalue weighted by molar-refractivity contribution is 5.80. The van der Waals surface area contributed by atoms with E-state index in [1.165, 1.54) is 5.69 Å². The lowest BCUT2D eigenvalue weighted by atomic mass is 9.76. The number of benzene rings is 1. The first-order valence-electron chi connectivity index (χ1n) is 14.0. The van der Waals surface area contributed by atoms with Crippen molar-refractivity contribution in [2.24, 2.45) is 17.8 Å². The summed E-state index contributed by atoms with van der Waals surface area (Å²) in [6.07, 6.45) is 5.42. The maximum Gasteiger partial charge on any atom is 0.320 e. The molecule has 36 heavy (non-hydrogen) atoms. The lowest BCUT2D eigenvalue weighted by Gasteiger charge is -2.53. The van der Waals surface area contributed by atoms with Gasteiger partial charge in [-0.05, 0) is 56.1 Å². The van der Waals surface area contributed by atoms with Crippen molar-refractivity contribution >= 4 is 23.5 Å². The van der Waals surface area contributed by atoms with Gasteiger partial charge in [-0.25, -0.2) is 4.79 Å². The van der Waals surface area contributed by atoms with Crippen LogP contribution in [0.2, 0.25) is 0 Å². The largest absolute Gasteiger partial charge is 0.368 e. The van der Waals surface area contributed by atoms with Crippen LogP contribution in [0, 0.1) is 17.8 Å². The SMILES string of the molecule is O=C(C1CCN(C(=O)N2C[C@@H]3C[C@H](C2)[C@H]2CCCC(=O)N2C3)CC1)N1CCN(c2ccccc2)CC1. The Morgan fingerprint density at radius 1 is 0.778 bits per heavy atom. The number of anilines is 1. The van der Waals surface area contributed by atoms with E-state index in [-0.39, 0.29) is 17.9 Å². The van der Waals surface area contributed by atoms with Crippen molar-refractivity contribution in [3.8, 4) is 0 Å². The van der Waals surface area contributed by atoms with Crippen LogP contribution in [-0.4, -0.2) is 102 Å². The zero-order chi connectivity index (χ0) is 24.6. The van der Waals surface area contributed by atoms with E-state index in [2.05, 4.69) is 39.0 Å². The molecule has 5 fully saturated rings. The molecule has 194 valence electrons. The predicted molar refractivity (Wildman–Crippen MR) is 137 cm³/mol. The number of likely N-dealkylation sites (tertiary alicyclic amines) is 2. The van der Waals surface area contributed by atoms with E-state index in [0.29, 0.717) is 43.3 Å². The predicted octanol–water partition coefficient (Wildman–Crippen LogP) is 2.50. The third-order valence-electron chi connectivity index (χ3n) is 9.28. The van der Waals surface area contributed by atoms with Gasteiger partial charge >= 0.3 is 6.03 Å². The third kappa shape index (κ3) is 4.55. The van der Waals surface area contributed by atoms with Gasteiger partial charge in [0, 0.05) is 83.0 Å². The summed E-state index contributed by atoms with van der Waals surface area (Å²) >= 11 is 0. The average Bonchev–Trinajstić information content (AvgIpc) is 2.93. The number of para-hydroxylation sites is 1. The molecule has 0 aliphatic carbocycles. The molecule has 8 nitrogen and oxygen atoms in total. The van der Waals surface area contributed by atoms with E-state index in [0.717, 1.165) is 77.9 Å². The highest BCUT2D eigenvalue weighted by atomic mass is 16.2. The Morgan fingerprint density at radius 2 is 1.53 bits per heavy atom. The molecule has 5 aliphatic rings. The van der Waals surface area contributed by atoms with Crippen LogP contribution >= 0.6 is 0 Å². The van der Waals surface area contributed by atoms with Crippen LogP contribution in [0.25, 0.3) is 0 Å². The highest BCUT2D eigenvalue weighted by Gasteiger charge is 2.45. The second-order valence-corrected chi connectivity index (χ2v) is 11.5. The number of fused-ring (bicyclic) bond motifs is 4. The van der Waals surface area contributed by atoms with E-state index in [1.54, 1.807) is 0 Å². The minimum Gasteiger partial charge on any atom is -0.368 e. The van der Waals surface area contributed by atoms with Gasteiger partial charge in [-0.1, -0.05) is 18.2 Å². The Hall–Kier alpha value is -2.77. The van der Waals surface area contributed by atoms with Crippen molar-refractivity contribution in [1.82, 2.24) is 19.6 Å². The summed E-state index contributed by atoms with van der Waals surface area (Å²) in [6, 6.07) is 10.9. The standard InChI is InChI=1S/C28H39N5O3/c34-26-8-4-7-25-23-17-21(19-33(25)26)18-32(20-23)28(36)31-11-9-22(10-12-31)27(35)30-15-13-29(14-16-30)24-5-2-1-3-6-24/h1-3,5-6,21-23,25H,4,7-20H2/t21-,23+,25+/m0/s1. The number of rotatable bonds is 2. The maximum absolute atomic E-state index is 13.4. The van der Waals surface area contributed by atoms with Gasteiger partial charge in [-0.15, -0.1) is 0 Å². The molecule has 8 heteroatoms. The van der Waals surface area contributed by atoms with Gasteiger partial charge in [0.15, 0.2) is 0 Å². The molecular formula is C28H39N5O3. The molecule has 6 rings (SSSR count). The van der Waals surface area contributed by atoms with Crippen LogP contribution in [0.3, 0.4) is 0 Å². The molecule has 5 aliphatic heterocycles. The van der Waals surface area contributed by atoms with E-state index in [4.69, 9.17) is 0 Å². The summed E-state index contributed by atoms with van der Waals surface area (Å²) in [6.45, 7) is 6.96. The molecule has 4 amide bonds. The molecular weight excluding hydrogens is 454 g/mol. The second kappa shape index (κ2) is 9.94. The first-order chi connectivity index (χ1) is 17.6. The Balaban J connectivity index is 0.989. The third-order valence-corrected chi connectivity index (χ3v) is 9.28. The number of piperidine rings is 4. The normalized spacial score (nSPS) is 29.3. The van der Waals surface area contributed by atoms with Crippen molar-refractivity contribution in [3.05, 3.63) is 30.3 Å². The number of hydrogen-bond donors (Lipinski definition) is 0. The van der Waals surface area contributed by atoms with Crippen molar-refractivity contribution in [2.75, 3.05) is 63.8 Å². The summed E-state index contributed by atoms with van der Waals surface area (Å²) < 4.78 is 0. The fourth-order valence-corrected chi connectivity index (χ4v) is 7.37. The van der Waals surface area contributed by atoms with Crippen molar-refractivity contribution in [3.63, 3.8) is 0 Å². The van der Waals surface area contributed by atoms with Gasteiger partial charge in [0.1, 0.15) is 0 Å². The van der Waals surface area contributed by atoms with Gasteiger partial charge in [-0.2, -0.15) is 0 Å². The number of carbonyl (C=O) groups is 3. The smallest absolute Gasteiger partial charge is 0.320 e. The van der Waals surface area contributed by atoms with Crippen LogP contribution in [0.5, 0.6) is 0 Å². The minimum atomic E-state index is 0.0277. The van der Waals surface area contributed by atoms with E-state index >= 15 is 0 Å². The lowest BCUT2D eigenvalue weighted by molar-refractivity contribution is -0.144. The van der Waals surface area contributed by atoms with Crippen LogP contribution in [0.1, 0.15) is 38.5 Å². The number of nitrogens with zero attached hydrogens (tertiary/aromatic N) is 5. The molecule has 0 spiro atoms. The van der Waals surface area contributed by atoms with E-state index in [1.807, 2.05) is 15.9 Å². The summed E-state index contributed by atoms with van der Waals surface area (Å²) in [7, 11) is 0. The molecule has 3 atom stereocenters. The van der Waals surface area contributed by atoms with Crippen LogP contribution in [-0.2, 0) is 9.59 Å². The number of amides is 4. The Bertz CT molecular complexity index is 971. The Morgan fingerprint density at radius 3 is 2.28 bits per heavy atom. The molecule has 5 saturated heterocycles. The fraction of sp³-hybridized carbons (Fsp3) is 0.679. The molecule has 1 aromatic rings. The van der Waals surface area contributed by atoms with Gasteiger partial charge < -0.3 is 24.5 Å². The number of piperazine rings is 1. The molecule has 1 aromatic carbocycles.